The Morgan fingerprint density at radius 2 is 1.87 bits per heavy atom. The number of likely N-dealkylation sites (tertiary alicyclic amines) is 1. The highest BCUT2D eigenvalue weighted by molar-refractivity contribution is 6.31. The number of rotatable bonds is 7. The van der Waals surface area contributed by atoms with Crippen LogP contribution in [-0.2, 0) is 29.4 Å². The van der Waals surface area contributed by atoms with E-state index in [1.54, 1.807) is 59.1 Å². The van der Waals surface area contributed by atoms with Crippen molar-refractivity contribution in [1.29, 1.82) is 0 Å². The van der Waals surface area contributed by atoms with Crippen molar-refractivity contribution >= 4 is 35.1 Å². The molecule has 2 aliphatic heterocycles. The van der Waals surface area contributed by atoms with Crippen LogP contribution in [0.5, 0.6) is 5.75 Å². The maximum absolute atomic E-state index is 14.1. The van der Waals surface area contributed by atoms with Crippen molar-refractivity contribution in [2.75, 3.05) is 39.7 Å². The van der Waals surface area contributed by atoms with Crippen molar-refractivity contribution in [2.24, 2.45) is 0 Å². The third-order valence-corrected chi connectivity index (χ3v) is 6.96. The third kappa shape index (κ3) is 5.10. The number of hydrogen-bond acceptors (Lipinski definition) is 7. The Morgan fingerprint density at radius 1 is 1.16 bits per heavy atom. The van der Waals surface area contributed by atoms with Gasteiger partial charge in [0, 0.05) is 42.5 Å². The predicted octanol–water partition coefficient (Wildman–Crippen LogP) is 3.43. The maximum atomic E-state index is 14.1. The van der Waals surface area contributed by atoms with Crippen molar-refractivity contribution in [3.63, 3.8) is 0 Å². The fourth-order valence-electron chi connectivity index (χ4n) is 5.29. The molecule has 1 fully saturated rings. The van der Waals surface area contributed by atoms with Crippen LogP contribution in [0, 0.1) is 0 Å². The minimum absolute atomic E-state index is 0.189. The standard InChI is InChI=1S/C28H34ClN3O6/c1-27(2,3)38-24(33)16-37-18-14-22(25(34)31(4)5)32(15-18)28(19-9-7-8-10-23(19)36-6)20-13-17(29)11-12-21(20)30-26(28)35/h7-13,18,22H,14-16H2,1-6H3,(H,30,35)/t18-,22+,28?/m1/s1. The van der Waals surface area contributed by atoms with Crippen LogP contribution in [0.15, 0.2) is 42.5 Å². The minimum atomic E-state index is -1.44. The number of methoxy groups -OCH3 is 1. The average molecular weight is 544 g/mol. The van der Waals surface area contributed by atoms with Crippen molar-refractivity contribution < 1.29 is 28.6 Å². The summed E-state index contributed by atoms with van der Waals surface area (Å²) in [6, 6.07) is 11.7. The average Bonchev–Trinajstić information content (AvgIpc) is 3.39. The zero-order valence-electron chi connectivity index (χ0n) is 22.5. The van der Waals surface area contributed by atoms with E-state index >= 15 is 0 Å². The molecule has 0 aromatic heterocycles. The summed E-state index contributed by atoms with van der Waals surface area (Å²) in [7, 11) is 4.88. The van der Waals surface area contributed by atoms with E-state index in [-0.39, 0.29) is 31.4 Å². The van der Waals surface area contributed by atoms with Crippen LogP contribution in [0.3, 0.4) is 0 Å². The number of benzene rings is 2. The van der Waals surface area contributed by atoms with Gasteiger partial charge in [-0.1, -0.05) is 29.8 Å². The summed E-state index contributed by atoms with van der Waals surface area (Å²) < 4.78 is 17.1. The van der Waals surface area contributed by atoms with E-state index in [0.29, 0.717) is 27.6 Å². The van der Waals surface area contributed by atoms with Gasteiger partial charge in [-0.3, -0.25) is 14.5 Å². The van der Waals surface area contributed by atoms with E-state index in [2.05, 4.69) is 5.32 Å². The molecule has 10 heteroatoms. The molecule has 1 unspecified atom stereocenters. The summed E-state index contributed by atoms with van der Waals surface area (Å²) in [5, 5.41) is 3.44. The molecule has 0 bridgehead atoms. The number of likely N-dealkylation sites (N-methyl/N-ethyl adjacent to an activating group) is 1. The molecule has 1 saturated heterocycles. The molecule has 0 radical (unpaired) electrons. The fourth-order valence-corrected chi connectivity index (χ4v) is 5.46. The zero-order valence-corrected chi connectivity index (χ0v) is 23.3. The van der Waals surface area contributed by atoms with Crippen LogP contribution in [0.1, 0.15) is 38.3 Å². The van der Waals surface area contributed by atoms with Gasteiger partial charge in [-0.2, -0.15) is 0 Å². The monoisotopic (exact) mass is 543 g/mol. The van der Waals surface area contributed by atoms with Gasteiger partial charge in [-0.25, -0.2) is 4.79 Å². The van der Waals surface area contributed by atoms with Crippen molar-refractivity contribution in [1.82, 2.24) is 9.80 Å². The van der Waals surface area contributed by atoms with Crippen molar-refractivity contribution in [3.8, 4) is 5.75 Å². The number of hydrogen-bond donors (Lipinski definition) is 1. The van der Waals surface area contributed by atoms with Gasteiger partial charge in [-0.15, -0.1) is 0 Å². The van der Waals surface area contributed by atoms with E-state index < -0.39 is 29.3 Å². The van der Waals surface area contributed by atoms with Crippen molar-refractivity contribution in [3.05, 3.63) is 58.6 Å². The lowest BCUT2D eigenvalue weighted by atomic mass is 9.80. The highest BCUT2D eigenvalue weighted by atomic mass is 35.5. The summed E-state index contributed by atoms with van der Waals surface area (Å²) in [6.07, 6.45) is -0.237. The first kappa shape index (κ1) is 27.9. The first-order chi connectivity index (χ1) is 17.9. The van der Waals surface area contributed by atoms with Gasteiger partial charge in [-0.05, 0) is 51.5 Å². The van der Waals surface area contributed by atoms with Gasteiger partial charge >= 0.3 is 5.97 Å². The van der Waals surface area contributed by atoms with Gasteiger partial charge in [0.25, 0.3) is 5.91 Å². The second-order valence-electron chi connectivity index (χ2n) is 10.7. The molecule has 0 spiro atoms. The summed E-state index contributed by atoms with van der Waals surface area (Å²) in [5.41, 5.74) is -0.300. The number of amides is 2. The molecule has 3 atom stereocenters. The van der Waals surface area contributed by atoms with Gasteiger partial charge in [0.15, 0.2) is 5.54 Å². The van der Waals surface area contributed by atoms with Crippen LogP contribution >= 0.6 is 11.6 Å². The minimum Gasteiger partial charge on any atom is -0.496 e. The van der Waals surface area contributed by atoms with Crippen LogP contribution in [0.2, 0.25) is 5.02 Å². The number of halogens is 1. The highest BCUT2D eigenvalue weighted by Gasteiger charge is 2.59. The predicted molar refractivity (Wildman–Crippen MR) is 143 cm³/mol. The van der Waals surface area contributed by atoms with E-state index in [9.17, 15) is 14.4 Å². The molecular formula is C28H34ClN3O6. The van der Waals surface area contributed by atoms with E-state index in [0.717, 1.165) is 0 Å². The smallest absolute Gasteiger partial charge is 0.332 e. The van der Waals surface area contributed by atoms with E-state index in [4.69, 9.17) is 25.8 Å². The largest absolute Gasteiger partial charge is 0.496 e. The highest BCUT2D eigenvalue weighted by Crippen LogP contribution is 2.51. The Bertz CT molecular complexity index is 1240. The molecule has 0 saturated carbocycles. The molecule has 2 aromatic rings. The molecular weight excluding hydrogens is 510 g/mol. The van der Waals surface area contributed by atoms with Gasteiger partial charge in [0.1, 0.15) is 18.0 Å². The SMILES string of the molecule is COc1ccccc1C1(N2C[C@H](OCC(=O)OC(C)(C)C)C[C@H]2C(=O)N(C)C)C(=O)Nc2ccc(Cl)cc21. The summed E-state index contributed by atoms with van der Waals surface area (Å²) >= 11 is 6.44. The molecule has 0 aliphatic carbocycles. The van der Waals surface area contributed by atoms with Crippen LogP contribution in [0.4, 0.5) is 5.69 Å². The Balaban J connectivity index is 1.82. The number of para-hydroxylation sites is 1. The fraction of sp³-hybridized carbons (Fsp3) is 0.464. The summed E-state index contributed by atoms with van der Waals surface area (Å²) in [6.45, 7) is 5.28. The zero-order chi connectivity index (χ0) is 27.8. The van der Waals surface area contributed by atoms with E-state index in [1.165, 1.54) is 12.0 Å². The van der Waals surface area contributed by atoms with Gasteiger partial charge in [0.2, 0.25) is 5.91 Å². The molecule has 1 N–H and O–H groups in total. The van der Waals surface area contributed by atoms with Crippen LogP contribution in [-0.4, -0.2) is 79.7 Å². The Morgan fingerprint density at radius 3 is 2.53 bits per heavy atom. The Labute approximate surface area is 228 Å². The summed E-state index contributed by atoms with van der Waals surface area (Å²) in [4.78, 5) is 43.4. The number of fused-ring (bicyclic) bond motifs is 1. The quantitative estimate of drug-likeness (QED) is 0.534. The molecule has 2 amide bonds. The van der Waals surface area contributed by atoms with Crippen LogP contribution < -0.4 is 10.1 Å². The Kier molecular flexibility index (Phi) is 7.74. The maximum Gasteiger partial charge on any atom is 0.332 e. The lowest BCUT2D eigenvalue weighted by Gasteiger charge is -2.41. The first-order valence-corrected chi connectivity index (χ1v) is 12.8. The number of nitrogens with zero attached hydrogens (tertiary/aromatic N) is 2. The number of esters is 1. The Hall–Kier alpha value is -3.14. The van der Waals surface area contributed by atoms with Crippen LogP contribution in [0.25, 0.3) is 0 Å². The number of carbonyl (C=O) groups excluding carboxylic acids is 3. The second-order valence-corrected chi connectivity index (χ2v) is 11.1. The lowest BCUT2D eigenvalue weighted by Crippen LogP contribution is -2.57. The first-order valence-electron chi connectivity index (χ1n) is 12.4. The number of anilines is 1. The molecule has 2 aromatic carbocycles. The van der Waals surface area contributed by atoms with Crippen molar-refractivity contribution in [2.45, 2.75) is 50.5 Å². The normalized spacial score (nSPS) is 23.1. The number of nitrogens with one attached hydrogen (secondary N) is 1. The molecule has 9 nitrogen and oxygen atoms in total. The molecule has 2 heterocycles. The third-order valence-electron chi connectivity index (χ3n) is 6.72. The number of carbonyl (C=O) groups is 3. The molecule has 2 aliphatic rings. The molecule has 204 valence electrons. The van der Waals surface area contributed by atoms with E-state index in [1.807, 2.05) is 23.1 Å². The lowest BCUT2D eigenvalue weighted by molar-refractivity contribution is -0.162. The number of ether oxygens (including phenoxy) is 3. The summed E-state index contributed by atoms with van der Waals surface area (Å²) in [5.74, 6) is -0.527. The molecule has 4 rings (SSSR count). The van der Waals surface area contributed by atoms with Gasteiger partial charge < -0.3 is 24.4 Å². The second kappa shape index (κ2) is 10.6. The molecule has 38 heavy (non-hydrogen) atoms. The van der Waals surface area contributed by atoms with Gasteiger partial charge in [0.05, 0.1) is 19.3 Å². The topological polar surface area (TPSA) is 97.4 Å².